The molecule has 0 bridgehead atoms. The Bertz CT molecular complexity index is 385. The van der Waals surface area contributed by atoms with Gasteiger partial charge in [-0.05, 0) is 0 Å². The van der Waals surface area contributed by atoms with Crippen LogP contribution in [0.1, 0.15) is 37.7 Å². The van der Waals surface area contributed by atoms with Crippen molar-refractivity contribution in [2.75, 3.05) is 33.5 Å². The minimum atomic E-state index is -0.151. The van der Waals surface area contributed by atoms with E-state index < -0.39 is 0 Å². The zero-order valence-corrected chi connectivity index (χ0v) is 12.5. The summed E-state index contributed by atoms with van der Waals surface area (Å²) in [4.78, 5) is 8.53. The summed E-state index contributed by atoms with van der Waals surface area (Å²) in [6.45, 7) is 6.17. The first kappa shape index (κ1) is 16.8. The van der Waals surface area contributed by atoms with Gasteiger partial charge in [-0.15, -0.1) is 0 Å². The van der Waals surface area contributed by atoms with Crippen molar-refractivity contribution in [2.24, 2.45) is 0 Å². The molecule has 0 atom stereocenters. The van der Waals surface area contributed by atoms with Gasteiger partial charge in [0.15, 0.2) is 5.75 Å². The molecule has 0 fully saturated rings. The van der Waals surface area contributed by atoms with Gasteiger partial charge < -0.3 is 19.3 Å². The standard InChI is InChI=1S/C14H24N2O4/c1-11(2)14-15-9-13(12(10-17)16-14)20-6-4-5-19-8-7-18-3/h9,11,17H,4-8,10H2,1-3H3. The van der Waals surface area contributed by atoms with Crippen molar-refractivity contribution in [1.29, 1.82) is 0 Å². The maximum absolute atomic E-state index is 9.32. The summed E-state index contributed by atoms with van der Waals surface area (Å²) in [7, 11) is 1.64. The second-order valence-electron chi connectivity index (χ2n) is 4.66. The normalized spacial score (nSPS) is 11.1. The van der Waals surface area contributed by atoms with E-state index in [9.17, 15) is 5.11 Å². The second-order valence-corrected chi connectivity index (χ2v) is 4.66. The van der Waals surface area contributed by atoms with E-state index in [0.717, 1.165) is 6.42 Å². The summed E-state index contributed by atoms with van der Waals surface area (Å²) in [5.41, 5.74) is 0.531. The van der Waals surface area contributed by atoms with Crippen molar-refractivity contribution in [3.63, 3.8) is 0 Å². The summed E-state index contributed by atoms with van der Waals surface area (Å²) < 4.78 is 15.8. The molecule has 1 heterocycles. The zero-order valence-electron chi connectivity index (χ0n) is 12.5. The Labute approximate surface area is 120 Å². The summed E-state index contributed by atoms with van der Waals surface area (Å²) in [5, 5.41) is 9.32. The van der Waals surface area contributed by atoms with E-state index in [2.05, 4.69) is 9.97 Å². The van der Waals surface area contributed by atoms with E-state index in [4.69, 9.17) is 14.2 Å². The lowest BCUT2D eigenvalue weighted by molar-refractivity contribution is 0.0642. The Hall–Kier alpha value is -1.24. The molecule has 0 aliphatic rings. The first-order valence-electron chi connectivity index (χ1n) is 6.85. The van der Waals surface area contributed by atoms with Crippen LogP contribution in [0.5, 0.6) is 5.75 Å². The van der Waals surface area contributed by atoms with Crippen LogP contribution in [-0.2, 0) is 16.1 Å². The molecule has 0 amide bonds. The van der Waals surface area contributed by atoms with E-state index >= 15 is 0 Å². The van der Waals surface area contributed by atoms with E-state index in [1.54, 1.807) is 13.3 Å². The molecule has 114 valence electrons. The number of hydrogen-bond donors (Lipinski definition) is 1. The minimum Gasteiger partial charge on any atom is -0.490 e. The molecule has 0 aliphatic carbocycles. The van der Waals surface area contributed by atoms with E-state index in [1.807, 2.05) is 13.8 Å². The average Bonchev–Trinajstić information content (AvgIpc) is 2.46. The van der Waals surface area contributed by atoms with E-state index in [-0.39, 0.29) is 12.5 Å². The molecule has 0 unspecified atom stereocenters. The van der Waals surface area contributed by atoms with Gasteiger partial charge in [-0.3, -0.25) is 0 Å². The van der Waals surface area contributed by atoms with Crippen molar-refractivity contribution >= 4 is 0 Å². The first-order valence-corrected chi connectivity index (χ1v) is 6.85. The second kappa shape index (κ2) is 9.63. The van der Waals surface area contributed by atoms with Crippen molar-refractivity contribution in [3.05, 3.63) is 17.7 Å². The highest BCUT2D eigenvalue weighted by atomic mass is 16.5. The number of aliphatic hydroxyl groups is 1. The smallest absolute Gasteiger partial charge is 0.161 e. The van der Waals surface area contributed by atoms with Crippen LogP contribution in [0, 0.1) is 0 Å². The van der Waals surface area contributed by atoms with Crippen molar-refractivity contribution in [1.82, 2.24) is 9.97 Å². The van der Waals surface area contributed by atoms with Crippen molar-refractivity contribution in [2.45, 2.75) is 32.8 Å². The SMILES string of the molecule is COCCOCCCOc1cnc(C(C)C)nc1CO. The fraction of sp³-hybridized carbons (Fsp3) is 0.714. The van der Waals surface area contributed by atoms with Gasteiger partial charge in [-0.2, -0.15) is 0 Å². The van der Waals surface area contributed by atoms with Crippen LogP contribution < -0.4 is 4.74 Å². The predicted molar refractivity (Wildman–Crippen MR) is 74.9 cm³/mol. The van der Waals surface area contributed by atoms with Gasteiger partial charge in [0.25, 0.3) is 0 Å². The quantitative estimate of drug-likeness (QED) is 0.657. The van der Waals surface area contributed by atoms with Crippen LogP contribution in [0.2, 0.25) is 0 Å². The first-order chi connectivity index (χ1) is 9.69. The minimum absolute atomic E-state index is 0.151. The van der Waals surface area contributed by atoms with E-state index in [1.165, 1.54) is 0 Å². The highest BCUT2D eigenvalue weighted by Crippen LogP contribution is 2.18. The fourth-order valence-corrected chi connectivity index (χ4v) is 1.52. The third-order valence-corrected chi connectivity index (χ3v) is 2.64. The molecule has 1 aromatic heterocycles. The highest BCUT2D eigenvalue weighted by molar-refractivity contribution is 5.24. The Morgan fingerprint density at radius 1 is 1.20 bits per heavy atom. The van der Waals surface area contributed by atoms with Crippen LogP contribution in [0.25, 0.3) is 0 Å². The van der Waals surface area contributed by atoms with E-state index in [0.29, 0.717) is 43.7 Å². The molecule has 0 radical (unpaired) electrons. The van der Waals surface area contributed by atoms with Crippen LogP contribution in [0.4, 0.5) is 0 Å². The Morgan fingerprint density at radius 2 is 2.00 bits per heavy atom. The molecule has 6 nitrogen and oxygen atoms in total. The number of aromatic nitrogens is 2. The maximum atomic E-state index is 9.32. The van der Waals surface area contributed by atoms with Crippen LogP contribution in [0.15, 0.2) is 6.20 Å². The number of methoxy groups -OCH3 is 1. The predicted octanol–water partition coefficient (Wildman–Crippen LogP) is 1.52. The molecule has 0 spiro atoms. The van der Waals surface area contributed by atoms with Gasteiger partial charge in [-0.25, -0.2) is 9.97 Å². The van der Waals surface area contributed by atoms with Crippen LogP contribution in [-0.4, -0.2) is 48.6 Å². The molecule has 0 saturated heterocycles. The summed E-state index contributed by atoms with van der Waals surface area (Å²) in [5.74, 6) is 1.47. The molecule has 20 heavy (non-hydrogen) atoms. The molecule has 0 aliphatic heterocycles. The van der Waals surface area contributed by atoms with Crippen LogP contribution >= 0.6 is 0 Å². The maximum Gasteiger partial charge on any atom is 0.161 e. The third-order valence-electron chi connectivity index (χ3n) is 2.64. The summed E-state index contributed by atoms with van der Waals surface area (Å²) in [6, 6.07) is 0. The molecule has 0 saturated carbocycles. The lowest BCUT2D eigenvalue weighted by Crippen LogP contribution is -2.09. The van der Waals surface area contributed by atoms with Gasteiger partial charge in [0.2, 0.25) is 0 Å². The zero-order chi connectivity index (χ0) is 14.8. The number of aliphatic hydroxyl groups excluding tert-OH is 1. The molecular formula is C14H24N2O4. The lowest BCUT2D eigenvalue weighted by atomic mass is 10.2. The third kappa shape index (κ3) is 5.81. The largest absolute Gasteiger partial charge is 0.490 e. The Balaban J connectivity index is 2.36. The lowest BCUT2D eigenvalue weighted by Gasteiger charge is -2.11. The average molecular weight is 284 g/mol. The summed E-state index contributed by atoms with van der Waals surface area (Å²) >= 11 is 0. The number of ether oxygens (including phenoxy) is 3. The Kier molecular flexibility index (Phi) is 8.10. The molecule has 0 aromatic carbocycles. The monoisotopic (exact) mass is 284 g/mol. The Morgan fingerprint density at radius 3 is 2.65 bits per heavy atom. The van der Waals surface area contributed by atoms with Gasteiger partial charge in [0.1, 0.15) is 11.5 Å². The van der Waals surface area contributed by atoms with Gasteiger partial charge >= 0.3 is 0 Å². The van der Waals surface area contributed by atoms with Gasteiger partial charge in [-0.1, -0.05) is 13.8 Å². The molecule has 1 N–H and O–H groups in total. The number of rotatable bonds is 10. The molecular weight excluding hydrogens is 260 g/mol. The topological polar surface area (TPSA) is 73.7 Å². The number of nitrogens with zero attached hydrogens (tertiary/aromatic N) is 2. The highest BCUT2D eigenvalue weighted by Gasteiger charge is 2.09. The van der Waals surface area contributed by atoms with Gasteiger partial charge in [0.05, 0.1) is 32.6 Å². The fourth-order valence-electron chi connectivity index (χ4n) is 1.52. The van der Waals surface area contributed by atoms with Crippen molar-refractivity contribution in [3.8, 4) is 5.75 Å². The molecule has 1 rings (SSSR count). The van der Waals surface area contributed by atoms with Gasteiger partial charge in [0, 0.05) is 26.1 Å². The van der Waals surface area contributed by atoms with Crippen LogP contribution in [0.3, 0.4) is 0 Å². The molecule has 1 aromatic rings. The number of hydrogen-bond acceptors (Lipinski definition) is 6. The summed E-state index contributed by atoms with van der Waals surface area (Å²) in [6.07, 6.45) is 2.39. The molecule has 6 heteroatoms. The van der Waals surface area contributed by atoms with Crippen molar-refractivity contribution < 1.29 is 19.3 Å².